The lowest BCUT2D eigenvalue weighted by Gasteiger charge is -2.10. The van der Waals surface area contributed by atoms with Gasteiger partial charge in [-0.2, -0.15) is 5.26 Å². The molecule has 1 aromatic heterocycles. The zero-order chi connectivity index (χ0) is 17.5. The lowest BCUT2D eigenvalue weighted by Crippen LogP contribution is -2.14. The third kappa shape index (κ3) is 2.66. The number of hydrogen-bond acceptors (Lipinski definition) is 4. The third-order valence-corrected chi connectivity index (χ3v) is 5.29. The van der Waals surface area contributed by atoms with Crippen molar-refractivity contribution in [1.29, 1.82) is 5.26 Å². The van der Waals surface area contributed by atoms with Crippen molar-refractivity contribution in [3.05, 3.63) is 58.0 Å². The average Bonchev–Trinajstić information content (AvgIpc) is 2.80. The Morgan fingerprint density at radius 3 is 2.62 bits per heavy atom. The Bertz CT molecular complexity index is 1150. The number of nitriles is 1. The Morgan fingerprint density at radius 2 is 1.96 bits per heavy atom. The van der Waals surface area contributed by atoms with Crippen LogP contribution < -0.4 is 10.4 Å². The maximum atomic E-state index is 12.6. The number of rotatable bonds is 3. The Balaban J connectivity index is 2.00. The predicted molar refractivity (Wildman–Crippen MR) is 90.2 cm³/mol. The van der Waals surface area contributed by atoms with E-state index in [2.05, 4.69) is 9.71 Å². The summed E-state index contributed by atoms with van der Waals surface area (Å²) in [5, 5.41) is 8.87. The summed E-state index contributed by atoms with van der Waals surface area (Å²) in [5.41, 5.74) is 2.17. The molecule has 0 aliphatic heterocycles. The maximum Gasteiger partial charge on any atom is 0.326 e. The molecular formula is C16H14N4O3S. The Kier molecular flexibility index (Phi) is 3.66. The van der Waals surface area contributed by atoms with Gasteiger partial charge in [0, 0.05) is 7.05 Å². The minimum Gasteiger partial charge on any atom is -0.305 e. The number of aryl methyl sites for hydroxylation is 2. The van der Waals surface area contributed by atoms with Crippen LogP contribution in [0.2, 0.25) is 0 Å². The van der Waals surface area contributed by atoms with E-state index in [9.17, 15) is 13.2 Å². The minimum atomic E-state index is -3.80. The van der Waals surface area contributed by atoms with Gasteiger partial charge < -0.3 is 4.98 Å². The van der Waals surface area contributed by atoms with E-state index in [-0.39, 0.29) is 10.6 Å². The van der Waals surface area contributed by atoms with Crippen LogP contribution in [0.15, 0.2) is 46.1 Å². The van der Waals surface area contributed by atoms with E-state index >= 15 is 0 Å². The van der Waals surface area contributed by atoms with Gasteiger partial charge in [-0.25, -0.2) is 13.2 Å². The quantitative estimate of drug-likeness (QED) is 0.757. The van der Waals surface area contributed by atoms with Crippen LogP contribution in [-0.4, -0.2) is 18.0 Å². The zero-order valence-corrected chi connectivity index (χ0v) is 13.8. The number of fused-ring (bicyclic) bond motifs is 1. The molecule has 1 heterocycles. The molecule has 3 aromatic rings. The van der Waals surface area contributed by atoms with Crippen LogP contribution in [0.4, 0.5) is 5.69 Å². The molecule has 0 amide bonds. The Hall–Kier alpha value is -3.05. The third-order valence-electron chi connectivity index (χ3n) is 3.75. The highest BCUT2D eigenvalue weighted by atomic mass is 32.2. The van der Waals surface area contributed by atoms with Crippen LogP contribution in [-0.2, 0) is 17.1 Å². The van der Waals surface area contributed by atoms with E-state index in [0.29, 0.717) is 27.8 Å². The minimum absolute atomic E-state index is 0.100. The summed E-state index contributed by atoms with van der Waals surface area (Å²) in [6.45, 7) is 1.63. The van der Waals surface area contributed by atoms with Crippen LogP contribution in [0.5, 0.6) is 0 Å². The first-order valence-electron chi connectivity index (χ1n) is 7.04. The zero-order valence-electron chi connectivity index (χ0n) is 13.0. The van der Waals surface area contributed by atoms with E-state index < -0.39 is 10.0 Å². The fourth-order valence-corrected chi connectivity index (χ4v) is 3.81. The molecule has 24 heavy (non-hydrogen) atoms. The lowest BCUT2D eigenvalue weighted by molar-refractivity contribution is 0.600. The number of hydrogen-bond donors (Lipinski definition) is 2. The van der Waals surface area contributed by atoms with Crippen LogP contribution >= 0.6 is 0 Å². The highest BCUT2D eigenvalue weighted by Crippen LogP contribution is 2.22. The van der Waals surface area contributed by atoms with Gasteiger partial charge >= 0.3 is 5.69 Å². The number of anilines is 1. The molecule has 2 N–H and O–H groups in total. The molecule has 2 aromatic carbocycles. The first kappa shape index (κ1) is 15.8. The van der Waals surface area contributed by atoms with Crippen LogP contribution in [0, 0.1) is 18.3 Å². The van der Waals surface area contributed by atoms with Gasteiger partial charge in [-0.05, 0) is 48.9 Å². The number of imidazole rings is 1. The molecule has 0 spiro atoms. The molecule has 122 valence electrons. The normalized spacial score (nSPS) is 11.4. The highest BCUT2D eigenvalue weighted by Gasteiger charge is 2.17. The second-order valence-corrected chi connectivity index (χ2v) is 7.07. The molecule has 0 fully saturated rings. The van der Waals surface area contributed by atoms with Crippen molar-refractivity contribution in [2.75, 3.05) is 4.72 Å². The number of sulfonamides is 1. The lowest BCUT2D eigenvalue weighted by atomic mass is 10.2. The standard InChI is InChI=1S/C16H14N4O3S/c1-10-7-11(9-17)3-6-15(10)24(22,23)19-12-4-5-14-13(8-12)18-16(21)20(14)2/h3-8,19H,1-2H3,(H,18,21). The smallest absolute Gasteiger partial charge is 0.305 e. The fourth-order valence-electron chi connectivity index (χ4n) is 2.53. The van der Waals surface area contributed by atoms with Gasteiger partial charge in [0.05, 0.1) is 33.2 Å². The van der Waals surface area contributed by atoms with Crippen molar-refractivity contribution in [1.82, 2.24) is 9.55 Å². The van der Waals surface area contributed by atoms with E-state index in [4.69, 9.17) is 5.26 Å². The SMILES string of the molecule is Cc1cc(C#N)ccc1S(=O)(=O)Nc1ccc2c(c1)[nH]c(=O)n2C. The Morgan fingerprint density at radius 1 is 1.21 bits per heavy atom. The summed E-state index contributed by atoms with van der Waals surface area (Å²) in [6.07, 6.45) is 0. The van der Waals surface area contributed by atoms with Crippen molar-refractivity contribution in [2.45, 2.75) is 11.8 Å². The van der Waals surface area contributed by atoms with Crippen molar-refractivity contribution >= 4 is 26.7 Å². The van der Waals surface area contributed by atoms with Crippen LogP contribution in [0.25, 0.3) is 11.0 Å². The Labute approximate surface area is 138 Å². The number of benzene rings is 2. The molecule has 8 heteroatoms. The summed E-state index contributed by atoms with van der Waals surface area (Å²) >= 11 is 0. The molecule has 0 aliphatic carbocycles. The second kappa shape index (κ2) is 5.54. The van der Waals surface area contributed by atoms with Gasteiger partial charge in [0.15, 0.2) is 0 Å². The first-order valence-corrected chi connectivity index (χ1v) is 8.52. The summed E-state index contributed by atoms with van der Waals surface area (Å²) in [6, 6.07) is 11.2. The monoisotopic (exact) mass is 342 g/mol. The van der Waals surface area contributed by atoms with E-state index in [1.807, 2.05) is 6.07 Å². The number of aromatic nitrogens is 2. The van der Waals surface area contributed by atoms with Gasteiger partial charge in [-0.15, -0.1) is 0 Å². The van der Waals surface area contributed by atoms with Crippen molar-refractivity contribution in [3.63, 3.8) is 0 Å². The first-order chi connectivity index (χ1) is 11.3. The second-order valence-electron chi connectivity index (χ2n) is 5.42. The molecule has 0 aliphatic rings. The summed E-state index contributed by atoms with van der Waals surface area (Å²) in [4.78, 5) is 14.4. The van der Waals surface area contributed by atoms with Gasteiger partial charge in [0.2, 0.25) is 0 Å². The molecule has 7 nitrogen and oxygen atoms in total. The van der Waals surface area contributed by atoms with Crippen molar-refractivity contribution in [2.24, 2.45) is 7.05 Å². The molecule has 0 saturated carbocycles. The molecule has 0 unspecified atom stereocenters. The fraction of sp³-hybridized carbons (Fsp3) is 0.125. The number of nitrogens with one attached hydrogen (secondary N) is 2. The van der Waals surface area contributed by atoms with E-state index in [1.54, 1.807) is 32.2 Å². The maximum absolute atomic E-state index is 12.6. The molecule has 0 saturated heterocycles. The average molecular weight is 342 g/mol. The van der Waals surface area contributed by atoms with Gasteiger partial charge in [0.1, 0.15) is 0 Å². The number of H-pyrrole nitrogens is 1. The van der Waals surface area contributed by atoms with Crippen molar-refractivity contribution < 1.29 is 8.42 Å². The summed E-state index contributed by atoms with van der Waals surface area (Å²) < 4.78 is 29.1. The predicted octanol–water partition coefficient (Wildman–Crippen LogP) is 1.85. The molecule has 0 radical (unpaired) electrons. The van der Waals surface area contributed by atoms with Crippen LogP contribution in [0.3, 0.4) is 0 Å². The molecule has 0 atom stereocenters. The molecule has 0 bridgehead atoms. The van der Waals surface area contributed by atoms with Crippen molar-refractivity contribution in [3.8, 4) is 6.07 Å². The van der Waals surface area contributed by atoms with E-state index in [1.165, 1.54) is 22.8 Å². The topological polar surface area (TPSA) is 108 Å². The van der Waals surface area contributed by atoms with Gasteiger partial charge in [-0.1, -0.05) is 0 Å². The van der Waals surface area contributed by atoms with Crippen LogP contribution in [0.1, 0.15) is 11.1 Å². The summed E-state index contributed by atoms with van der Waals surface area (Å²) in [5.74, 6) is 0. The molecule has 3 rings (SSSR count). The van der Waals surface area contributed by atoms with E-state index in [0.717, 1.165) is 0 Å². The highest BCUT2D eigenvalue weighted by molar-refractivity contribution is 7.92. The summed E-state index contributed by atoms with van der Waals surface area (Å²) in [7, 11) is -2.17. The van der Waals surface area contributed by atoms with Gasteiger partial charge in [0.25, 0.3) is 10.0 Å². The largest absolute Gasteiger partial charge is 0.326 e. The molecular weight excluding hydrogens is 328 g/mol. The number of aromatic amines is 1. The van der Waals surface area contributed by atoms with Gasteiger partial charge in [-0.3, -0.25) is 9.29 Å². The number of nitrogens with zero attached hydrogens (tertiary/aromatic N) is 2.